The number of nitro benzene ring substituents is 1. The van der Waals surface area contributed by atoms with Crippen LogP contribution in [0.25, 0.3) is 0 Å². The van der Waals surface area contributed by atoms with Crippen LogP contribution in [0.4, 0.5) is 5.69 Å². The van der Waals surface area contributed by atoms with Crippen LogP contribution < -0.4 is 4.72 Å². The fourth-order valence-corrected chi connectivity index (χ4v) is 3.91. The monoisotopic (exact) mass is 314 g/mol. The third-order valence-electron chi connectivity index (χ3n) is 3.54. The Morgan fingerprint density at radius 2 is 2.19 bits per heavy atom. The van der Waals surface area contributed by atoms with E-state index in [2.05, 4.69) is 4.72 Å². The lowest BCUT2D eigenvalue weighted by atomic mass is 10.1. The first-order valence-corrected chi connectivity index (χ1v) is 8.18. The van der Waals surface area contributed by atoms with Crippen molar-refractivity contribution in [3.63, 3.8) is 0 Å². The summed E-state index contributed by atoms with van der Waals surface area (Å²) in [5.74, 6) is 0. The Labute approximate surface area is 123 Å². The minimum absolute atomic E-state index is 0.0680. The Kier molecular flexibility index (Phi) is 4.60. The van der Waals surface area contributed by atoms with Crippen LogP contribution in [0.3, 0.4) is 0 Å². The van der Waals surface area contributed by atoms with E-state index in [0.717, 1.165) is 18.9 Å². The molecular weight excluding hydrogens is 296 g/mol. The van der Waals surface area contributed by atoms with Gasteiger partial charge in [0.15, 0.2) is 0 Å². The zero-order valence-corrected chi connectivity index (χ0v) is 12.7. The van der Waals surface area contributed by atoms with E-state index < -0.39 is 14.9 Å². The first-order valence-electron chi connectivity index (χ1n) is 6.70. The highest BCUT2D eigenvalue weighted by Crippen LogP contribution is 2.23. The van der Waals surface area contributed by atoms with Crippen molar-refractivity contribution in [3.8, 4) is 0 Å². The normalized spacial score (nSPS) is 20.4. The molecule has 1 saturated heterocycles. The van der Waals surface area contributed by atoms with Gasteiger partial charge in [-0.2, -0.15) is 0 Å². The topological polar surface area (TPSA) is 98.5 Å². The van der Waals surface area contributed by atoms with Gasteiger partial charge in [0.2, 0.25) is 10.0 Å². The minimum atomic E-state index is -3.82. The Balaban J connectivity index is 2.26. The molecule has 1 aliphatic rings. The Morgan fingerprint density at radius 3 is 2.76 bits per heavy atom. The molecule has 1 fully saturated rings. The van der Waals surface area contributed by atoms with Crippen molar-refractivity contribution in [1.29, 1.82) is 0 Å². The van der Waals surface area contributed by atoms with Gasteiger partial charge in [0.25, 0.3) is 5.69 Å². The summed E-state index contributed by atoms with van der Waals surface area (Å²) in [6, 6.07) is 3.43. The van der Waals surface area contributed by atoms with E-state index >= 15 is 0 Å². The second-order valence-corrected chi connectivity index (χ2v) is 6.85. The number of aryl methyl sites for hydroxylation is 1. The molecule has 21 heavy (non-hydrogen) atoms. The molecule has 7 nitrogen and oxygen atoms in total. The summed E-state index contributed by atoms with van der Waals surface area (Å²) in [6.45, 7) is 3.97. The summed E-state index contributed by atoms with van der Waals surface area (Å²) >= 11 is 0. The molecule has 8 heteroatoms. The van der Waals surface area contributed by atoms with Gasteiger partial charge in [-0.25, -0.2) is 13.1 Å². The van der Waals surface area contributed by atoms with Crippen molar-refractivity contribution in [1.82, 2.24) is 4.72 Å². The minimum Gasteiger partial charge on any atom is -0.377 e. The lowest BCUT2D eigenvalue weighted by Gasteiger charge is -2.20. The van der Waals surface area contributed by atoms with Gasteiger partial charge in [0, 0.05) is 24.8 Å². The highest BCUT2D eigenvalue weighted by Gasteiger charge is 2.28. The van der Waals surface area contributed by atoms with E-state index in [-0.39, 0.29) is 22.7 Å². The number of sulfonamides is 1. The third kappa shape index (κ3) is 3.58. The van der Waals surface area contributed by atoms with Crippen LogP contribution in [0.2, 0.25) is 0 Å². The second-order valence-electron chi connectivity index (χ2n) is 5.17. The van der Waals surface area contributed by atoms with Crippen LogP contribution in [0, 0.1) is 17.0 Å². The average Bonchev–Trinajstić information content (AvgIpc) is 2.92. The molecule has 1 aromatic carbocycles. The van der Waals surface area contributed by atoms with Gasteiger partial charge in [-0.1, -0.05) is 6.07 Å². The molecule has 1 aliphatic heterocycles. The summed E-state index contributed by atoms with van der Waals surface area (Å²) < 4.78 is 32.8. The number of benzene rings is 1. The molecule has 2 rings (SSSR count). The van der Waals surface area contributed by atoms with E-state index in [0.29, 0.717) is 12.2 Å². The number of non-ortho nitro benzene ring substituents is 1. The quantitative estimate of drug-likeness (QED) is 0.659. The van der Waals surface area contributed by atoms with Crippen LogP contribution in [0.1, 0.15) is 25.3 Å². The van der Waals surface area contributed by atoms with Gasteiger partial charge in [-0.3, -0.25) is 10.1 Å². The zero-order chi connectivity index (χ0) is 15.6. The van der Waals surface area contributed by atoms with E-state index in [9.17, 15) is 18.5 Å². The number of nitro groups is 1. The van der Waals surface area contributed by atoms with Crippen molar-refractivity contribution >= 4 is 15.7 Å². The van der Waals surface area contributed by atoms with Crippen molar-refractivity contribution in [3.05, 3.63) is 33.9 Å². The first kappa shape index (κ1) is 15.9. The smallest absolute Gasteiger partial charge is 0.270 e. The van der Waals surface area contributed by atoms with Crippen molar-refractivity contribution in [2.75, 3.05) is 6.61 Å². The van der Waals surface area contributed by atoms with E-state index in [1.165, 1.54) is 12.1 Å². The van der Waals surface area contributed by atoms with Gasteiger partial charge < -0.3 is 4.74 Å². The van der Waals surface area contributed by atoms with Crippen LogP contribution in [0.15, 0.2) is 23.1 Å². The standard InChI is InChI=1S/C13H18N2O5S/c1-9-5-6-11(15(16)17)8-13(9)21(18,19)14-10(2)12-4-3-7-20-12/h5-6,8,10,12,14H,3-4,7H2,1-2H3/t10-,12-/m1/s1. The van der Waals surface area contributed by atoms with Gasteiger partial charge in [-0.05, 0) is 32.3 Å². The number of rotatable bonds is 5. The summed E-state index contributed by atoms with van der Waals surface area (Å²) in [7, 11) is -3.82. The molecule has 116 valence electrons. The molecule has 0 amide bonds. The van der Waals surface area contributed by atoms with Crippen LogP contribution in [-0.4, -0.2) is 32.1 Å². The average molecular weight is 314 g/mol. The molecule has 1 N–H and O–H groups in total. The number of ether oxygens (including phenoxy) is 1. The molecule has 0 unspecified atom stereocenters. The van der Waals surface area contributed by atoms with E-state index in [1.807, 2.05) is 0 Å². The predicted molar refractivity (Wildman–Crippen MR) is 76.6 cm³/mol. The van der Waals surface area contributed by atoms with Gasteiger partial charge >= 0.3 is 0 Å². The maximum Gasteiger partial charge on any atom is 0.270 e. The molecule has 1 heterocycles. The molecule has 0 bridgehead atoms. The summed E-state index contributed by atoms with van der Waals surface area (Å²) in [6.07, 6.45) is 1.56. The third-order valence-corrected chi connectivity index (χ3v) is 5.24. The number of nitrogens with zero attached hydrogens (tertiary/aromatic N) is 1. The molecule has 0 aliphatic carbocycles. The van der Waals surface area contributed by atoms with Crippen LogP contribution in [0.5, 0.6) is 0 Å². The lowest BCUT2D eigenvalue weighted by molar-refractivity contribution is -0.385. The van der Waals surface area contributed by atoms with Gasteiger partial charge in [0.1, 0.15) is 0 Å². The second kappa shape index (κ2) is 6.08. The lowest BCUT2D eigenvalue weighted by Crippen LogP contribution is -2.40. The maximum atomic E-state index is 12.4. The van der Waals surface area contributed by atoms with Crippen molar-refractivity contribution in [2.24, 2.45) is 0 Å². The molecule has 0 spiro atoms. The summed E-state index contributed by atoms with van der Waals surface area (Å²) in [4.78, 5) is 10.1. The molecule has 0 radical (unpaired) electrons. The van der Waals surface area contributed by atoms with E-state index in [4.69, 9.17) is 4.74 Å². The van der Waals surface area contributed by atoms with Gasteiger partial charge in [0.05, 0.1) is 15.9 Å². The predicted octanol–water partition coefficient (Wildman–Crippen LogP) is 1.75. The van der Waals surface area contributed by atoms with Crippen molar-refractivity contribution < 1.29 is 18.1 Å². The fourth-order valence-electron chi connectivity index (χ4n) is 2.37. The number of hydrogen-bond donors (Lipinski definition) is 1. The SMILES string of the molecule is Cc1ccc([N+](=O)[O-])cc1S(=O)(=O)N[C@H](C)[C@H]1CCCO1. The fraction of sp³-hybridized carbons (Fsp3) is 0.538. The van der Waals surface area contributed by atoms with E-state index in [1.54, 1.807) is 13.8 Å². The summed E-state index contributed by atoms with van der Waals surface area (Å²) in [5.41, 5.74) is 0.221. The first-order chi connectivity index (χ1) is 9.81. The molecule has 2 atom stereocenters. The Morgan fingerprint density at radius 1 is 1.48 bits per heavy atom. The van der Waals surface area contributed by atoms with Crippen LogP contribution >= 0.6 is 0 Å². The number of nitrogens with one attached hydrogen (secondary N) is 1. The maximum absolute atomic E-state index is 12.4. The Bertz CT molecular complexity index is 638. The van der Waals surface area contributed by atoms with Gasteiger partial charge in [-0.15, -0.1) is 0 Å². The van der Waals surface area contributed by atoms with Crippen molar-refractivity contribution in [2.45, 2.75) is 43.7 Å². The molecule has 0 saturated carbocycles. The largest absolute Gasteiger partial charge is 0.377 e. The van der Waals surface area contributed by atoms with Crippen LogP contribution in [-0.2, 0) is 14.8 Å². The zero-order valence-electron chi connectivity index (χ0n) is 11.9. The molecular formula is C13H18N2O5S. The highest BCUT2D eigenvalue weighted by atomic mass is 32.2. The highest BCUT2D eigenvalue weighted by molar-refractivity contribution is 7.89. The number of hydrogen-bond acceptors (Lipinski definition) is 5. The summed E-state index contributed by atoms with van der Waals surface area (Å²) in [5, 5.41) is 10.8. The molecule has 0 aromatic heterocycles. The Hall–Kier alpha value is -1.51. The molecule has 1 aromatic rings.